The molecule has 0 aliphatic carbocycles. The number of para-hydroxylation sites is 2. The monoisotopic (exact) mass is 403 g/mol. The highest BCUT2D eigenvalue weighted by molar-refractivity contribution is 5.97. The van der Waals surface area contributed by atoms with Gasteiger partial charge in [-0.25, -0.2) is 19.7 Å². The lowest BCUT2D eigenvalue weighted by Crippen LogP contribution is -2.14. The van der Waals surface area contributed by atoms with E-state index in [1.54, 1.807) is 36.9 Å². The van der Waals surface area contributed by atoms with Gasteiger partial charge >= 0.3 is 5.97 Å². The van der Waals surface area contributed by atoms with Gasteiger partial charge in [-0.3, -0.25) is 14.7 Å². The highest BCUT2D eigenvalue weighted by atomic mass is 16.6. The third-order valence-electron chi connectivity index (χ3n) is 4.56. The second-order valence-electron chi connectivity index (χ2n) is 6.46. The highest BCUT2D eigenvalue weighted by Gasteiger charge is 2.23. The summed E-state index contributed by atoms with van der Waals surface area (Å²) in [6.07, 6.45) is 1.60. The smallest absolute Gasteiger partial charge is 0.342 e. The lowest BCUT2D eigenvalue weighted by atomic mass is 10.0. The first-order valence-corrected chi connectivity index (χ1v) is 9.22. The van der Waals surface area contributed by atoms with Gasteiger partial charge in [0.05, 0.1) is 34.0 Å². The normalized spacial score (nSPS) is 10.9. The Morgan fingerprint density at radius 2 is 1.97 bits per heavy atom. The molecule has 0 radical (unpaired) electrons. The third-order valence-corrected chi connectivity index (χ3v) is 4.56. The van der Waals surface area contributed by atoms with E-state index in [0.29, 0.717) is 17.2 Å². The zero-order valence-electron chi connectivity index (χ0n) is 16.3. The molecule has 4 rings (SSSR count). The van der Waals surface area contributed by atoms with E-state index in [4.69, 9.17) is 4.74 Å². The predicted molar refractivity (Wildman–Crippen MR) is 109 cm³/mol. The number of hydrogen-bond donors (Lipinski definition) is 0. The van der Waals surface area contributed by atoms with E-state index in [2.05, 4.69) is 15.0 Å². The van der Waals surface area contributed by atoms with Crippen molar-refractivity contribution in [3.63, 3.8) is 0 Å². The molecule has 0 fully saturated rings. The van der Waals surface area contributed by atoms with Gasteiger partial charge in [0.15, 0.2) is 0 Å². The van der Waals surface area contributed by atoms with Crippen LogP contribution in [0.3, 0.4) is 0 Å². The fourth-order valence-corrected chi connectivity index (χ4v) is 3.21. The largest absolute Gasteiger partial charge is 0.462 e. The van der Waals surface area contributed by atoms with Crippen molar-refractivity contribution in [3.8, 4) is 17.2 Å². The van der Waals surface area contributed by atoms with Crippen LogP contribution in [0, 0.1) is 17.0 Å². The van der Waals surface area contributed by atoms with Crippen LogP contribution in [0.1, 0.15) is 23.0 Å². The van der Waals surface area contributed by atoms with Crippen molar-refractivity contribution in [2.24, 2.45) is 0 Å². The van der Waals surface area contributed by atoms with E-state index in [0.717, 1.165) is 11.0 Å². The summed E-state index contributed by atoms with van der Waals surface area (Å²) in [5.74, 6) is -0.283. The number of fused-ring (bicyclic) bond motifs is 1. The van der Waals surface area contributed by atoms with Crippen molar-refractivity contribution in [2.45, 2.75) is 13.8 Å². The maximum absolute atomic E-state index is 12.6. The molecular formula is C21H17N5O4. The Balaban J connectivity index is 1.97. The zero-order chi connectivity index (χ0) is 21.3. The number of benzene rings is 2. The Morgan fingerprint density at radius 1 is 1.17 bits per heavy atom. The Hall–Kier alpha value is -4.14. The maximum atomic E-state index is 12.6. The molecule has 0 unspecified atom stereocenters. The number of rotatable bonds is 5. The molecule has 9 heteroatoms. The molecule has 2 aromatic carbocycles. The number of carbonyl (C=O) groups excluding carboxylic acids is 1. The first kappa shape index (κ1) is 19.2. The molecule has 9 nitrogen and oxygen atoms in total. The minimum Gasteiger partial charge on any atom is -0.462 e. The maximum Gasteiger partial charge on any atom is 0.342 e. The second kappa shape index (κ2) is 7.70. The van der Waals surface area contributed by atoms with Gasteiger partial charge in [-0.05, 0) is 26.0 Å². The van der Waals surface area contributed by atoms with Gasteiger partial charge in [0, 0.05) is 17.7 Å². The summed E-state index contributed by atoms with van der Waals surface area (Å²) < 4.78 is 6.88. The fourth-order valence-electron chi connectivity index (χ4n) is 3.21. The summed E-state index contributed by atoms with van der Waals surface area (Å²) in [7, 11) is 0. The van der Waals surface area contributed by atoms with E-state index in [-0.39, 0.29) is 23.6 Å². The number of nitro groups is 1. The number of ether oxygens (including phenoxy) is 1. The number of aryl methyl sites for hydroxylation is 1. The molecule has 0 aliphatic rings. The minimum absolute atomic E-state index is 0.104. The van der Waals surface area contributed by atoms with Gasteiger partial charge < -0.3 is 4.74 Å². The third kappa shape index (κ3) is 3.37. The van der Waals surface area contributed by atoms with Gasteiger partial charge in [-0.15, -0.1) is 0 Å². The van der Waals surface area contributed by atoms with Gasteiger partial charge in [-0.2, -0.15) is 0 Å². The van der Waals surface area contributed by atoms with E-state index >= 15 is 0 Å². The zero-order valence-corrected chi connectivity index (χ0v) is 16.3. The van der Waals surface area contributed by atoms with Gasteiger partial charge in [0.25, 0.3) is 5.69 Å². The minimum atomic E-state index is -0.585. The highest BCUT2D eigenvalue weighted by Crippen LogP contribution is 2.29. The molecule has 0 bridgehead atoms. The molecule has 30 heavy (non-hydrogen) atoms. The molecule has 0 aliphatic heterocycles. The molecule has 2 aromatic heterocycles. The molecule has 4 aromatic rings. The molecule has 0 amide bonds. The molecule has 0 N–H and O–H groups in total. The van der Waals surface area contributed by atoms with Crippen LogP contribution in [0.2, 0.25) is 0 Å². The Kier molecular flexibility index (Phi) is 4.93. The second-order valence-corrected chi connectivity index (χ2v) is 6.46. The average molecular weight is 403 g/mol. The lowest BCUT2D eigenvalue weighted by Gasteiger charge is -2.13. The average Bonchev–Trinajstić information content (AvgIpc) is 3.17. The quantitative estimate of drug-likeness (QED) is 0.282. The Morgan fingerprint density at radius 3 is 2.73 bits per heavy atom. The van der Waals surface area contributed by atoms with E-state index in [9.17, 15) is 14.9 Å². The van der Waals surface area contributed by atoms with Crippen molar-refractivity contribution in [3.05, 3.63) is 76.2 Å². The summed E-state index contributed by atoms with van der Waals surface area (Å²) in [6.45, 7) is 3.56. The number of aromatic nitrogens is 4. The summed E-state index contributed by atoms with van der Waals surface area (Å²) in [5, 5.41) is 11.2. The van der Waals surface area contributed by atoms with Crippen molar-refractivity contribution < 1.29 is 14.5 Å². The first-order valence-electron chi connectivity index (χ1n) is 9.22. The summed E-state index contributed by atoms with van der Waals surface area (Å²) >= 11 is 0. The fraction of sp³-hybridized carbons (Fsp3) is 0.143. The van der Waals surface area contributed by atoms with Crippen LogP contribution >= 0.6 is 0 Å². The summed E-state index contributed by atoms with van der Waals surface area (Å²) in [6, 6.07) is 13.5. The first-order chi connectivity index (χ1) is 14.5. The van der Waals surface area contributed by atoms with Gasteiger partial charge in [0.1, 0.15) is 11.9 Å². The number of carbonyl (C=O) groups is 1. The number of nitrogens with zero attached hydrogens (tertiary/aromatic N) is 5. The van der Waals surface area contributed by atoms with Crippen LogP contribution < -0.4 is 0 Å². The van der Waals surface area contributed by atoms with Crippen molar-refractivity contribution in [2.75, 3.05) is 6.61 Å². The van der Waals surface area contributed by atoms with E-state index in [1.807, 2.05) is 24.3 Å². The molecule has 0 saturated carbocycles. The number of hydrogen-bond acceptors (Lipinski definition) is 7. The Labute approximate surface area is 171 Å². The number of esters is 1. The summed E-state index contributed by atoms with van der Waals surface area (Å²) in [5.41, 5.74) is 2.72. The number of nitro benzene ring substituents is 1. The van der Waals surface area contributed by atoms with Crippen LogP contribution in [-0.4, -0.2) is 37.0 Å². The molecule has 2 heterocycles. The molecule has 0 spiro atoms. The molecule has 0 saturated heterocycles. The van der Waals surface area contributed by atoms with Crippen molar-refractivity contribution >= 4 is 22.7 Å². The molecular weight excluding hydrogens is 386 g/mol. The van der Waals surface area contributed by atoms with Gasteiger partial charge in [0.2, 0.25) is 5.95 Å². The standard InChI is InChI=1S/C21H17N5O4/c1-3-30-20(27)18-13(2)23-21(25-12-22-16-9-4-5-10-17(16)25)24-19(18)14-7-6-8-15(11-14)26(28)29/h4-12H,3H2,1-2H3. The van der Waals surface area contributed by atoms with Gasteiger partial charge in [-0.1, -0.05) is 24.3 Å². The molecule has 150 valence electrons. The van der Waals surface area contributed by atoms with Crippen LogP contribution in [0.25, 0.3) is 28.2 Å². The topological polar surface area (TPSA) is 113 Å². The van der Waals surface area contributed by atoms with Crippen LogP contribution in [-0.2, 0) is 4.74 Å². The number of non-ortho nitro benzene ring substituents is 1. The SMILES string of the molecule is CCOC(=O)c1c(C)nc(-n2cnc3ccccc32)nc1-c1cccc([N+](=O)[O-])c1. The van der Waals surface area contributed by atoms with Crippen LogP contribution in [0.5, 0.6) is 0 Å². The van der Waals surface area contributed by atoms with Crippen LogP contribution in [0.4, 0.5) is 5.69 Å². The predicted octanol–water partition coefficient (Wildman–Crippen LogP) is 3.88. The Bertz CT molecular complexity index is 1280. The number of imidazole rings is 1. The van der Waals surface area contributed by atoms with E-state index < -0.39 is 10.9 Å². The van der Waals surface area contributed by atoms with Crippen molar-refractivity contribution in [1.29, 1.82) is 0 Å². The lowest BCUT2D eigenvalue weighted by molar-refractivity contribution is -0.384. The summed E-state index contributed by atoms with van der Waals surface area (Å²) in [4.78, 5) is 36.8. The van der Waals surface area contributed by atoms with Crippen molar-refractivity contribution in [1.82, 2.24) is 19.5 Å². The van der Waals surface area contributed by atoms with Crippen LogP contribution in [0.15, 0.2) is 54.9 Å². The molecule has 0 atom stereocenters. The van der Waals surface area contributed by atoms with E-state index in [1.165, 1.54) is 12.1 Å².